The Labute approximate surface area is 102 Å². The van der Waals surface area contributed by atoms with E-state index in [1.54, 1.807) is 11.3 Å². The summed E-state index contributed by atoms with van der Waals surface area (Å²) in [5, 5.41) is 3.09. The third-order valence-corrected chi connectivity index (χ3v) is 4.05. The Bertz CT molecular complexity index is 379. The van der Waals surface area contributed by atoms with E-state index >= 15 is 0 Å². The zero-order valence-electron chi connectivity index (χ0n) is 8.74. The van der Waals surface area contributed by atoms with Gasteiger partial charge in [-0.25, -0.2) is 4.98 Å². The number of carbonyl (C=O) groups is 1. The third-order valence-electron chi connectivity index (χ3n) is 2.64. The number of hydrogen-bond donors (Lipinski definition) is 0. The summed E-state index contributed by atoms with van der Waals surface area (Å²) in [4.78, 5) is 18.3. The fourth-order valence-electron chi connectivity index (χ4n) is 1.79. The van der Waals surface area contributed by atoms with Gasteiger partial charge < -0.3 is 4.90 Å². The molecule has 0 radical (unpaired) electrons. The molecule has 1 aliphatic heterocycles. The number of aryl methyl sites for hydroxylation is 1. The molecule has 3 nitrogen and oxygen atoms in total. The highest BCUT2D eigenvalue weighted by Gasteiger charge is 2.32. The topological polar surface area (TPSA) is 33.2 Å². The number of carbonyl (C=O) groups excluding carboxylic acids is 1. The molecular formula is C10H13BrN2OS. The lowest BCUT2D eigenvalue weighted by molar-refractivity contribution is -0.129. The molecule has 1 saturated heterocycles. The summed E-state index contributed by atoms with van der Waals surface area (Å²) in [5.74, 6) is 0.218. The molecule has 5 heteroatoms. The van der Waals surface area contributed by atoms with Gasteiger partial charge in [-0.1, -0.05) is 15.9 Å². The smallest absolute Gasteiger partial charge is 0.224 e. The van der Waals surface area contributed by atoms with Crippen LogP contribution in [-0.4, -0.2) is 27.2 Å². The zero-order chi connectivity index (χ0) is 11.0. The quantitative estimate of drug-likeness (QED) is 0.784. The molecule has 1 aromatic heterocycles. The average Bonchev–Trinajstić information content (AvgIpc) is 2.71. The van der Waals surface area contributed by atoms with E-state index in [2.05, 4.69) is 20.9 Å². The monoisotopic (exact) mass is 288 g/mol. The number of amides is 1. The van der Waals surface area contributed by atoms with Crippen LogP contribution in [0.2, 0.25) is 0 Å². The first-order valence-electron chi connectivity index (χ1n) is 4.93. The standard InChI is InChI=1S/C10H13BrN2OS/c1-6(9-5-15-7(2)12-9)13-4-8(11)3-10(13)14/h5-6,8H,3-4H2,1-2H3. The first-order valence-corrected chi connectivity index (χ1v) is 6.73. The minimum Gasteiger partial charge on any atom is -0.333 e. The third kappa shape index (κ3) is 2.23. The summed E-state index contributed by atoms with van der Waals surface area (Å²) in [7, 11) is 0. The van der Waals surface area contributed by atoms with E-state index in [4.69, 9.17) is 0 Å². The van der Waals surface area contributed by atoms with E-state index < -0.39 is 0 Å². The summed E-state index contributed by atoms with van der Waals surface area (Å²) in [6.07, 6.45) is 0.605. The Morgan fingerprint density at radius 1 is 1.73 bits per heavy atom. The minimum atomic E-state index is 0.102. The maximum Gasteiger partial charge on any atom is 0.224 e. The summed E-state index contributed by atoms with van der Waals surface area (Å²) >= 11 is 5.12. The first kappa shape index (κ1) is 11.1. The number of nitrogens with zero attached hydrogens (tertiary/aromatic N) is 2. The minimum absolute atomic E-state index is 0.102. The van der Waals surface area contributed by atoms with Crippen LogP contribution >= 0.6 is 27.3 Å². The van der Waals surface area contributed by atoms with Gasteiger partial charge in [0.1, 0.15) is 0 Å². The van der Waals surface area contributed by atoms with Crippen molar-refractivity contribution in [1.29, 1.82) is 0 Å². The number of hydrogen-bond acceptors (Lipinski definition) is 3. The maximum absolute atomic E-state index is 11.7. The van der Waals surface area contributed by atoms with Gasteiger partial charge in [0.25, 0.3) is 0 Å². The maximum atomic E-state index is 11.7. The summed E-state index contributed by atoms with van der Waals surface area (Å²) in [5.41, 5.74) is 1.01. The number of likely N-dealkylation sites (tertiary alicyclic amines) is 1. The largest absolute Gasteiger partial charge is 0.333 e. The van der Waals surface area contributed by atoms with Gasteiger partial charge in [0.2, 0.25) is 5.91 Å². The van der Waals surface area contributed by atoms with E-state index in [0.29, 0.717) is 11.2 Å². The number of halogens is 1. The molecule has 0 N–H and O–H groups in total. The van der Waals surface area contributed by atoms with E-state index in [0.717, 1.165) is 17.2 Å². The van der Waals surface area contributed by atoms with E-state index in [1.165, 1.54) is 0 Å². The highest BCUT2D eigenvalue weighted by atomic mass is 79.9. The lowest BCUT2D eigenvalue weighted by atomic mass is 10.2. The molecular weight excluding hydrogens is 276 g/mol. The second-order valence-corrected chi connectivity index (χ2v) is 6.17. The van der Waals surface area contributed by atoms with Crippen molar-refractivity contribution in [3.05, 3.63) is 16.1 Å². The number of alkyl halides is 1. The molecule has 0 spiro atoms. The molecule has 82 valence electrons. The van der Waals surface area contributed by atoms with Gasteiger partial charge in [0, 0.05) is 23.2 Å². The van der Waals surface area contributed by atoms with E-state index in [-0.39, 0.29) is 11.9 Å². The fourth-order valence-corrected chi connectivity index (χ4v) is 3.08. The van der Waals surface area contributed by atoms with Crippen LogP contribution in [0.3, 0.4) is 0 Å². The highest BCUT2D eigenvalue weighted by Crippen LogP contribution is 2.28. The molecule has 1 amide bonds. The van der Waals surface area contributed by atoms with Crippen molar-refractivity contribution in [3.63, 3.8) is 0 Å². The van der Waals surface area contributed by atoms with Crippen LogP contribution in [0.1, 0.15) is 30.1 Å². The van der Waals surface area contributed by atoms with Crippen molar-refractivity contribution >= 4 is 33.2 Å². The van der Waals surface area contributed by atoms with Crippen molar-refractivity contribution in [3.8, 4) is 0 Å². The van der Waals surface area contributed by atoms with Crippen molar-refractivity contribution < 1.29 is 4.79 Å². The van der Waals surface area contributed by atoms with Gasteiger partial charge in [-0.2, -0.15) is 0 Å². The van der Waals surface area contributed by atoms with Crippen molar-refractivity contribution in [2.75, 3.05) is 6.54 Å². The van der Waals surface area contributed by atoms with Crippen LogP contribution in [0.4, 0.5) is 0 Å². The zero-order valence-corrected chi connectivity index (χ0v) is 11.1. The van der Waals surface area contributed by atoms with Crippen molar-refractivity contribution in [1.82, 2.24) is 9.88 Å². The van der Waals surface area contributed by atoms with E-state index in [9.17, 15) is 4.79 Å². The van der Waals surface area contributed by atoms with Gasteiger partial charge in [-0.3, -0.25) is 4.79 Å². The van der Waals surface area contributed by atoms with Crippen molar-refractivity contribution in [2.45, 2.75) is 31.1 Å². The number of thiazole rings is 1. The Hall–Kier alpha value is -0.420. The predicted molar refractivity (Wildman–Crippen MR) is 64.3 cm³/mol. The Kier molecular flexibility index (Phi) is 3.11. The lowest BCUT2D eigenvalue weighted by Gasteiger charge is -2.22. The van der Waals surface area contributed by atoms with Crippen LogP contribution in [-0.2, 0) is 4.79 Å². The predicted octanol–water partition coefficient (Wildman–Crippen LogP) is 2.51. The molecule has 1 aliphatic rings. The molecule has 0 saturated carbocycles. The van der Waals surface area contributed by atoms with E-state index in [1.807, 2.05) is 24.1 Å². The van der Waals surface area contributed by atoms with Gasteiger partial charge in [-0.05, 0) is 13.8 Å². The Morgan fingerprint density at radius 3 is 2.93 bits per heavy atom. The van der Waals surface area contributed by atoms with Gasteiger partial charge in [0.05, 0.1) is 16.7 Å². The first-order chi connectivity index (χ1) is 7.08. The highest BCUT2D eigenvalue weighted by molar-refractivity contribution is 9.09. The second kappa shape index (κ2) is 4.22. The summed E-state index contributed by atoms with van der Waals surface area (Å²) < 4.78 is 0. The SMILES string of the molecule is Cc1nc(C(C)N2CC(Br)CC2=O)cs1. The second-order valence-electron chi connectivity index (χ2n) is 3.81. The Balaban J connectivity index is 2.14. The molecule has 0 aliphatic carbocycles. The normalized spacial score (nSPS) is 23.5. The van der Waals surface area contributed by atoms with Crippen LogP contribution < -0.4 is 0 Å². The van der Waals surface area contributed by atoms with Crippen LogP contribution in [0.25, 0.3) is 0 Å². The van der Waals surface area contributed by atoms with Crippen molar-refractivity contribution in [2.24, 2.45) is 0 Å². The molecule has 2 rings (SSSR count). The average molecular weight is 289 g/mol. The molecule has 15 heavy (non-hydrogen) atoms. The number of aromatic nitrogens is 1. The summed E-state index contributed by atoms with van der Waals surface area (Å²) in [6.45, 7) is 4.81. The lowest BCUT2D eigenvalue weighted by Crippen LogP contribution is -2.28. The van der Waals surface area contributed by atoms with Gasteiger partial charge in [0.15, 0.2) is 0 Å². The molecule has 0 aromatic carbocycles. The molecule has 2 atom stereocenters. The van der Waals surface area contributed by atoms with Crippen LogP contribution in [0.5, 0.6) is 0 Å². The van der Waals surface area contributed by atoms with Gasteiger partial charge in [-0.15, -0.1) is 11.3 Å². The van der Waals surface area contributed by atoms with Crippen LogP contribution in [0.15, 0.2) is 5.38 Å². The molecule has 2 unspecified atom stereocenters. The van der Waals surface area contributed by atoms with Gasteiger partial charge >= 0.3 is 0 Å². The fraction of sp³-hybridized carbons (Fsp3) is 0.600. The number of rotatable bonds is 2. The molecule has 0 bridgehead atoms. The molecule has 1 fully saturated rings. The molecule has 1 aromatic rings. The Morgan fingerprint density at radius 2 is 2.47 bits per heavy atom. The van der Waals surface area contributed by atoms with Crippen LogP contribution in [0, 0.1) is 6.92 Å². The summed E-state index contributed by atoms with van der Waals surface area (Å²) in [6, 6.07) is 0.102. The molecule has 2 heterocycles.